The van der Waals surface area contributed by atoms with Gasteiger partial charge in [0.15, 0.2) is 0 Å². The highest BCUT2D eigenvalue weighted by Crippen LogP contribution is 2.17. The Morgan fingerprint density at radius 1 is 1.56 bits per heavy atom. The van der Waals surface area contributed by atoms with Gasteiger partial charge in [-0.3, -0.25) is 0 Å². The summed E-state index contributed by atoms with van der Waals surface area (Å²) in [6.45, 7) is 6.15. The molecule has 0 aromatic rings. The second-order valence-corrected chi connectivity index (χ2v) is 5.05. The topological polar surface area (TPSA) is 67.8 Å². The van der Waals surface area contributed by atoms with Crippen LogP contribution in [0.1, 0.15) is 33.6 Å². The van der Waals surface area contributed by atoms with Crippen LogP contribution in [0.3, 0.4) is 0 Å². The van der Waals surface area contributed by atoms with Crippen molar-refractivity contribution >= 4 is 6.09 Å². The monoisotopic (exact) mass is 231 g/mol. The lowest BCUT2D eigenvalue weighted by molar-refractivity contribution is -0.0979. The Balaban J connectivity index is 2.42. The number of aliphatic hydroxyl groups excluding tert-OH is 1. The quantitative estimate of drug-likeness (QED) is 0.745. The van der Waals surface area contributed by atoms with Crippen LogP contribution in [0, 0.1) is 0 Å². The predicted octanol–water partition coefficient (Wildman–Crippen LogP) is 1.05. The first-order valence-electron chi connectivity index (χ1n) is 5.63. The van der Waals surface area contributed by atoms with Crippen LogP contribution in [-0.4, -0.2) is 42.2 Å². The van der Waals surface area contributed by atoms with E-state index >= 15 is 0 Å². The molecule has 1 heterocycles. The van der Waals surface area contributed by atoms with Crippen molar-refractivity contribution < 1.29 is 19.4 Å². The Bertz CT molecular complexity index is 237. The summed E-state index contributed by atoms with van der Waals surface area (Å²) in [5.41, 5.74) is -0.318. The summed E-state index contributed by atoms with van der Waals surface area (Å²) in [5.74, 6) is 0. The number of ether oxygens (including phenoxy) is 2. The molecule has 0 aromatic carbocycles. The minimum absolute atomic E-state index is 0.118. The summed E-state index contributed by atoms with van der Waals surface area (Å²) in [4.78, 5) is 11.5. The summed E-state index contributed by atoms with van der Waals surface area (Å²) < 4.78 is 10.6. The van der Waals surface area contributed by atoms with Crippen LogP contribution in [0.25, 0.3) is 0 Å². The molecule has 5 nitrogen and oxygen atoms in total. The first-order valence-corrected chi connectivity index (χ1v) is 5.63. The molecule has 1 aliphatic heterocycles. The Morgan fingerprint density at radius 2 is 2.25 bits per heavy atom. The number of alkyl carbamates (subject to hydrolysis) is 1. The number of carbonyl (C=O) groups excluding carboxylic acids is 1. The lowest BCUT2D eigenvalue weighted by atomic mass is 10.1. The minimum Gasteiger partial charge on any atom is -0.443 e. The Kier molecular flexibility index (Phi) is 4.56. The Morgan fingerprint density at radius 3 is 2.81 bits per heavy atom. The van der Waals surface area contributed by atoms with Crippen molar-refractivity contribution in [1.29, 1.82) is 0 Å². The summed E-state index contributed by atoms with van der Waals surface area (Å²) in [6.07, 6.45) is 0.397. The van der Waals surface area contributed by atoms with Crippen LogP contribution in [0.4, 0.5) is 4.79 Å². The van der Waals surface area contributed by atoms with Gasteiger partial charge in [-0.25, -0.2) is 4.79 Å². The van der Waals surface area contributed by atoms with Gasteiger partial charge in [-0.1, -0.05) is 0 Å². The van der Waals surface area contributed by atoms with E-state index in [1.165, 1.54) is 0 Å². The predicted molar refractivity (Wildman–Crippen MR) is 59.2 cm³/mol. The molecule has 0 spiro atoms. The molecule has 2 N–H and O–H groups in total. The molecule has 0 saturated carbocycles. The average Bonchev–Trinajstić information content (AvgIpc) is 2.15. The molecule has 0 radical (unpaired) electrons. The fraction of sp³-hybridized carbons (Fsp3) is 0.909. The van der Waals surface area contributed by atoms with Crippen molar-refractivity contribution in [3.63, 3.8) is 0 Å². The number of rotatable bonds is 2. The normalized spacial score (nSPS) is 26.2. The van der Waals surface area contributed by atoms with Crippen LogP contribution in [0.5, 0.6) is 0 Å². The van der Waals surface area contributed by atoms with Gasteiger partial charge in [0.2, 0.25) is 0 Å². The van der Waals surface area contributed by atoms with Crippen molar-refractivity contribution in [3.8, 4) is 0 Å². The molecule has 5 heteroatoms. The fourth-order valence-electron chi connectivity index (χ4n) is 1.59. The highest BCUT2D eigenvalue weighted by atomic mass is 16.6. The SMILES string of the molecule is CC(C)(C)NC(=O)O[C@H]1CCCO[C@H]1CO. The van der Waals surface area contributed by atoms with Crippen LogP contribution >= 0.6 is 0 Å². The molecule has 1 rings (SSSR count). The molecule has 0 aliphatic carbocycles. The summed E-state index contributed by atoms with van der Waals surface area (Å²) in [5, 5.41) is 11.8. The van der Waals surface area contributed by atoms with Crippen LogP contribution in [0.15, 0.2) is 0 Å². The molecule has 16 heavy (non-hydrogen) atoms. The maximum absolute atomic E-state index is 11.5. The van der Waals surface area contributed by atoms with Crippen LogP contribution in [-0.2, 0) is 9.47 Å². The third-order valence-corrected chi connectivity index (χ3v) is 2.29. The molecule has 94 valence electrons. The maximum Gasteiger partial charge on any atom is 0.407 e. The van der Waals surface area contributed by atoms with Crippen molar-refractivity contribution in [2.45, 2.75) is 51.4 Å². The van der Waals surface area contributed by atoms with E-state index in [9.17, 15) is 4.79 Å². The lowest BCUT2D eigenvalue weighted by Crippen LogP contribution is -2.46. The van der Waals surface area contributed by atoms with E-state index in [0.717, 1.165) is 12.8 Å². The van der Waals surface area contributed by atoms with Gasteiger partial charge in [0, 0.05) is 12.1 Å². The first-order chi connectivity index (χ1) is 7.42. The Hall–Kier alpha value is -0.810. The minimum atomic E-state index is -0.457. The number of nitrogens with one attached hydrogen (secondary N) is 1. The van der Waals surface area contributed by atoms with E-state index < -0.39 is 6.09 Å². The number of aliphatic hydroxyl groups is 1. The highest BCUT2D eigenvalue weighted by molar-refractivity contribution is 5.68. The van der Waals surface area contributed by atoms with Crippen molar-refractivity contribution in [1.82, 2.24) is 5.32 Å². The van der Waals surface area contributed by atoms with Gasteiger partial charge in [-0.2, -0.15) is 0 Å². The molecule has 0 unspecified atom stereocenters. The van der Waals surface area contributed by atoms with E-state index in [4.69, 9.17) is 14.6 Å². The van der Waals surface area contributed by atoms with Crippen LogP contribution in [0.2, 0.25) is 0 Å². The molecule has 2 atom stereocenters. The summed E-state index contributed by atoms with van der Waals surface area (Å²) in [6, 6.07) is 0. The van der Waals surface area contributed by atoms with Gasteiger partial charge in [-0.05, 0) is 33.6 Å². The second kappa shape index (κ2) is 5.50. The van der Waals surface area contributed by atoms with Gasteiger partial charge >= 0.3 is 6.09 Å². The smallest absolute Gasteiger partial charge is 0.407 e. The van der Waals surface area contributed by atoms with Gasteiger partial charge in [0.25, 0.3) is 0 Å². The zero-order chi connectivity index (χ0) is 12.2. The van der Waals surface area contributed by atoms with E-state index in [1.54, 1.807) is 0 Å². The molecule has 0 bridgehead atoms. The summed E-state index contributed by atoms with van der Waals surface area (Å²) in [7, 11) is 0. The van der Waals surface area contributed by atoms with Gasteiger partial charge < -0.3 is 19.9 Å². The molecule has 0 aromatic heterocycles. The van der Waals surface area contributed by atoms with Gasteiger partial charge in [0.1, 0.15) is 12.2 Å². The first kappa shape index (κ1) is 13.3. The van der Waals surface area contributed by atoms with E-state index in [0.29, 0.717) is 6.61 Å². The fourth-order valence-corrected chi connectivity index (χ4v) is 1.59. The number of carbonyl (C=O) groups is 1. The molecule has 1 amide bonds. The van der Waals surface area contributed by atoms with E-state index in [-0.39, 0.29) is 24.4 Å². The standard InChI is InChI=1S/C11H21NO4/c1-11(2,3)12-10(14)16-8-5-4-6-15-9(8)7-13/h8-9,13H,4-7H2,1-3H3,(H,12,14)/t8-,9-/m0/s1. The molecular formula is C11H21NO4. The molecule has 1 saturated heterocycles. The van der Waals surface area contributed by atoms with E-state index in [1.807, 2.05) is 20.8 Å². The lowest BCUT2D eigenvalue weighted by Gasteiger charge is -2.31. The second-order valence-electron chi connectivity index (χ2n) is 5.05. The molecule has 1 aliphatic rings. The molecule has 1 fully saturated rings. The average molecular weight is 231 g/mol. The molecular weight excluding hydrogens is 210 g/mol. The summed E-state index contributed by atoms with van der Waals surface area (Å²) >= 11 is 0. The number of hydrogen-bond acceptors (Lipinski definition) is 4. The van der Waals surface area contributed by atoms with Gasteiger partial charge in [-0.15, -0.1) is 0 Å². The van der Waals surface area contributed by atoms with E-state index in [2.05, 4.69) is 5.32 Å². The third-order valence-electron chi connectivity index (χ3n) is 2.29. The number of amides is 1. The largest absolute Gasteiger partial charge is 0.443 e. The van der Waals surface area contributed by atoms with Crippen molar-refractivity contribution in [3.05, 3.63) is 0 Å². The Labute approximate surface area is 96.1 Å². The maximum atomic E-state index is 11.5. The van der Waals surface area contributed by atoms with Crippen LogP contribution < -0.4 is 5.32 Å². The zero-order valence-electron chi connectivity index (χ0n) is 10.2. The van der Waals surface area contributed by atoms with Gasteiger partial charge in [0.05, 0.1) is 6.61 Å². The highest BCUT2D eigenvalue weighted by Gasteiger charge is 2.29. The van der Waals surface area contributed by atoms with Crippen molar-refractivity contribution in [2.24, 2.45) is 0 Å². The zero-order valence-corrected chi connectivity index (χ0v) is 10.2. The third kappa shape index (κ3) is 4.37. The number of hydrogen-bond donors (Lipinski definition) is 2. The van der Waals surface area contributed by atoms with Crippen molar-refractivity contribution in [2.75, 3.05) is 13.2 Å².